The van der Waals surface area contributed by atoms with Crippen LogP contribution in [0.2, 0.25) is 5.02 Å². The monoisotopic (exact) mass is 391 g/mol. The standard InChI is InChI=1S/C18H15ClFN3O2S/c19-13-8-12(6-7-14(13)20)22-16(24)9-15-17(25)23-18(26-15)21-10-11-4-2-1-3-5-11/h1-8,15H,9-10H2,(H,22,24)(H,21,23,25). The SMILES string of the molecule is O=C(CC1SC(=NCc2ccccc2)NC1=O)Nc1ccc(F)c(Cl)c1. The number of amides is 2. The van der Waals surface area contributed by atoms with Crippen LogP contribution < -0.4 is 10.6 Å². The molecule has 0 bridgehead atoms. The third kappa shape index (κ3) is 4.83. The summed E-state index contributed by atoms with van der Waals surface area (Å²) in [4.78, 5) is 28.5. The number of hydrogen-bond acceptors (Lipinski definition) is 4. The van der Waals surface area contributed by atoms with E-state index in [0.717, 1.165) is 5.56 Å². The van der Waals surface area contributed by atoms with Crippen molar-refractivity contribution in [1.29, 1.82) is 0 Å². The quantitative estimate of drug-likeness (QED) is 0.818. The second kappa shape index (κ2) is 8.33. The predicted octanol–water partition coefficient (Wildman–Crippen LogP) is 3.60. The number of carbonyl (C=O) groups is 2. The molecular formula is C18H15ClFN3O2S. The molecule has 26 heavy (non-hydrogen) atoms. The van der Waals surface area contributed by atoms with Crippen LogP contribution in [0.1, 0.15) is 12.0 Å². The fourth-order valence-corrected chi connectivity index (χ4v) is 3.46. The highest BCUT2D eigenvalue weighted by Gasteiger charge is 2.32. The van der Waals surface area contributed by atoms with Crippen LogP contribution in [0.5, 0.6) is 0 Å². The van der Waals surface area contributed by atoms with E-state index in [2.05, 4.69) is 15.6 Å². The van der Waals surface area contributed by atoms with Crippen LogP contribution in [0.25, 0.3) is 0 Å². The summed E-state index contributed by atoms with van der Waals surface area (Å²) in [5.74, 6) is -1.17. The largest absolute Gasteiger partial charge is 0.326 e. The number of halogens is 2. The summed E-state index contributed by atoms with van der Waals surface area (Å²) >= 11 is 6.91. The van der Waals surface area contributed by atoms with Gasteiger partial charge in [-0.15, -0.1) is 0 Å². The van der Waals surface area contributed by atoms with Crippen molar-refractivity contribution in [3.05, 3.63) is 64.9 Å². The molecule has 2 amide bonds. The molecule has 1 aliphatic rings. The van der Waals surface area contributed by atoms with Crippen LogP contribution in [-0.2, 0) is 16.1 Å². The fraction of sp³-hybridized carbons (Fsp3) is 0.167. The van der Waals surface area contributed by atoms with Gasteiger partial charge in [-0.05, 0) is 23.8 Å². The van der Waals surface area contributed by atoms with Crippen LogP contribution in [0, 0.1) is 5.82 Å². The molecule has 3 rings (SSSR count). The van der Waals surface area contributed by atoms with E-state index in [9.17, 15) is 14.0 Å². The van der Waals surface area contributed by atoms with Gasteiger partial charge in [0.25, 0.3) is 0 Å². The topological polar surface area (TPSA) is 70.6 Å². The Balaban J connectivity index is 1.55. The first-order chi connectivity index (χ1) is 12.5. The molecule has 134 valence electrons. The first kappa shape index (κ1) is 18.4. The summed E-state index contributed by atoms with van der Waals surface area (Å²) in [7, 11) is 0. The van der Waals surface area contributed by atoms with Crippen molar-refractivity contribution in [3.8, 4) is 0 Å². The number of hydrogen-bond donors (Lipinski definition) is 2. The zero-order chi connectivity index (χ0) is 18.5. The number of anilines is 1. The molecule has 0 saturated carbocycles. The molecular weight excluding hydrogens is 377 g/mol. The molecule has 0 aromatic heterocycles. The average molecular weight is 392 g/mol. The molecule has 1 aliphatic heterocycles. The van der Waals surface area contributed by atoms with Crippen LogP contribution in [0.3, 0.4) is 0 Å². The van der Waals surface area contributed by atoms with Crippen molar-refractivity contribution in [2.24, 2.45) is 4.99 Å². The predicted molar refractivity (Wildman–Crippen MR) is 102 cm³/mol. The van der Waals surface area contributed by atoms with Crippen molar-refractivity contribution < 1.29 is 14.0 Å². The third-order valence-electron chi connectivity index (χ3n) is 3.60. The maximum atomic E-state index is 13.1. The first-order valence-corrected chi connectivity index (χ1v) is 9.08. The average Bonchev–Trinajstić information content (AvgIpc) is 2.97. The van der Waals surface area contributed by atoms with Gasteiger partial charge in [0, 0.05) is 12.1 Å². The maximum Gasteiger partial charge on any atom is 0.240 e. The molecule has 1 unspecified atom stereocenters. The molecule has 1 atom stereocenters. The number of nitrogens with zero attached hydrogens (tertiary/aromatic N) is 1. The Hall–Kier alpha value is -2.38. The minimum absolute atomic E-state index is 0.0180. The second-order valence-corrected chi connectivity index (χ2v) is 7.18. The van der Waals surface area contributed by atoms with E-state index in [1.165, 1.54) is 30.0 Å². The summed E-state index contributed by atoms with van der Waals surface area (Å²) in [6, 6.07) is 13.6. The van der Waals surface area contributed by atoms with Crippen molar-refractivity contribution in [1.82, 2.24) is 5.32 Å². The van der Waals surface area contributed by atoms with Crippen molar-refractivity contribution in [2.75, 3.05) is 5.32 Å². The molecule has 5 nitrogen and oxygen atoms in total. The Morgan fingerprint density at radius 2 is 2.04 bits per heavy atom. The van der Waals surface area contributed by atoms with Crippen molar-refractivity contribution in [2.45, 2.75) is 18.2 Å². The van der Waals surface area contributed by atoms with Crippen LogP contribution in [-0.4, -0.2) is 22.2 Å². The summed E-state index contributed by atoms with van der Waals surface area (Å²) in [6.07, 6.45) is -0.0180. The zero-order valence-corrected chi connectivity index (χ0v) is 15.1. The highest BCUT2D eigenvalue weighted by molar-refractivity contribution is 8.15. The van der Waals surface area contributed by atoms with E-state index < -0.39 is 11.1 Å². The number of carbonyl (C=O) groups excluding carboxylic acids is 2. The van der Waals surface area contributed by atoms with Gasteiger partial charge in [-0.2, -0.15) is 0 Å². The van der Waals surface area contributed by atoms with Crippen molar-refractivity contribution in [3.63, 3.8) is 0 Å². The van der Waals surface area contributed by atoms with E-state index in [4.69, 9.17) is 11.6 Å². The minimum atomic E-state index is -0.560. The van der Waals surface area contributed by atoms with Gasteiger partial charge in [-0.1, -0.05) is 53.7 Å². The number of aliphatic imine (C=N–C) groups is 1. The minimum Gasteiger partial charge on any atom is -0.326 e. The van der Waals surface area contributed by atoms with Gasteiger partial charge < -0.3 is 10.6 Å². The lowest BCUT2D eigenvalue weighted by Gasteiger charge is -2.08. The number of nitrogens with one attached hydrogen (secondary N) is 2. The smallest absolute Gasteiger partial charge is 0.240 e. The van der Waals surface area contributed by atoms with Crippen LogP contribution in [0.4, 0.5) is 10.1 Å². The molecule has 0 radical (unpaired) electrons. The molecule has 1 fully saturated rings. The molecule has 0 spiro atoms. The van der Waals surface area contributed by atoms with Gasteiger partial charge in [-0.25, -0.2) is 4.39 Å². The number of benzene rings is 2. The molecule has 0 aliphatic carbocycles. The van der Waals surface area contributed by atoms with Crippen LogP contribution >= 0.6 is 23.4 Å². The Labute approximate surface area is 159 Å². The lowest BCUT2D eigenvalue weighted by Crippen LogP contribution is -2.28. The Kier molecular flexibility index (Phi) is 5.90. The summed E-state index contributed by atoms with van der Waals surface area (Å²) in [6.45, 7) is 0.455. The van der Waals surface area contributed by atoms with Gasteiger partial charge in [0.05, 0.1) is 11.6 Å². The van der Waals surface area contributed by atoms with Crippen LogP contribution in [0.15, 0.2) is 53.5 Å². The number of rotatable bonds is 5. The lowest BCUT2D eigenvalue weighted by atomic mass is 10.2. The molecule has 8 heteroatoms. The van der Waals surface area contributed by atoms with E-state index in [0.29, 0.717) is 17.4 Å². The maximum absolute atomic E-state index is 13.1. The zero-order valence-electron chi connectivity index (χ0n) is 13.5. The summed E-state index contributed by atoms with van der Waals surface area (Å²) in [5.41, 5.74) is 1.41. The Morgan fingerprint density at radius 3 is 2.77 bits per heavy atom. The molecule has 2 aromatic rings. The summed E-state index contributed by atoms with van der Waals surface area (Å²) < 4.78 is 13.1. The molecule has 2 aromatic carbocycles. The lowest BCUT2D eigenvalue weighted by molar-refractivity contribution is -0.122. The van der Waals surface area contributed by atoms with Gasteiger partial charge >= 0.3 is 0 Å². The molecule has 2 N–H and O–H groups in total. The molecule has 1 heterocycles. The normalized spacial score (nSPS) is 18.0. The van der Waals surface area contributed by atoms with Gasteiger partial charge in [0.1, 0.15) is 11.1 Å². The first-order valence-electron chi connectivity index (χ1n) is 7.82. The van der Waals surface area contributed by atoms with E-state index in [1.54, 1.807) is 0 Å². The van der Waals surface area contributed by atoms with Gasteiger partial charge in [0.15, 0.2) is 5.17 Å². The second-order valence-electron chi connectivity index (χ2n) is 5.58. The fourth-order valence-electron chi connectivity index (χ4n) is 2.32. The van der Waals surface area contributed by atoms with Crippen molar-refractivity contribution >= 4 is 46.0 Å². The molecule has 1 saturated heterocycles. The van der Waals surface area contributed by atoms with E-state index in [-0.39, 0.29) is 23.3 Å². The Bertz CT molecular complexity index is 861. The summed E-state index contributed by atoms with van der Waals surface area (Å²) in [5, 5.41) is 5.16. The van der Waals surface area contributed by atoms with E-state index in [1.807, 2.05) is 30.3 Å². The third-order valence-corrected chi connectivity index (χ3v) is 5.01. The highest BCUT2D eigenvalue weighted by Crippen LogP contribution is 2.24. The Morgan fingerprint density at radius 1 is 1.27 bits per heavy atom. The number of thioether (sulfide) groups is 1. The highest BCUT2D eigenvalue weighted by atomic mass is 35.5. The number of amidine groups is 1. The van der Waals surface area contributed by atoms with E-state index >= 15 is 0 Å². The van der Waals surface area contributed by atoms with Gasteiger partial charge in [0.2, 0.25) is 11.8 Å². The van der Waals surface area contributed by atoms with Gasteiger partial charge in [-0.3, -0.25) is 14.6 Å².